The third-order valence-corrected chi connectivity index (χ3v) is 8.79. The Kier molecular flexibility index (Phi) is 3.84. The minimum absolute atomic E-state index is 0.0813. The molecule has 2 bridgehead atoms. The van der Waals surface area contributed by atoms with Crippen LogP contribution in [0.1, 0.15) is 46.0 Å². The number of rotatable bonds is 3. The Hall–Kier alpha value is -1.91. The maximum atomic E-state index is 12.9. The first-order valence-corrected chi connectivity index (χ1v) is 12.2. The van der Waals surface area contributed by atoms with Gasteiger partial charge in [-0.25, -0.2) is 0 Å². The molecule has 174 valence electrons. The number of methoxy groups -OCH3 is 2. The monoisotopic (exact) mass is 518 g/mol. The van der Waals surface area contributed by atoms with Gasteiger partial charge in [-0.05, 0) is 31.4 Å². The highest BCUT2D eigenvalue weighted by molar-refractivity contribution is 9.09. The van der Waals surface area contributed by atoms with Gasteiger partial charge in [-0.3, -0.25) is 4.79 Å². The van der Waals surface area contributed by atoms with E-state index in [1.807, 2.05) is 13.0 Å². The summed E-state index contributed by atoms with van der Waals surface area (Å²) in [5, 5.41) is 13.0. The Labute approximate surface area is 198 Å². The fourth-order valence-electron chi connectivity index (χ4n) is 6.56. The number of benzene rings is 2. The highest BCUT2D eigenvalue weighted by Crippen LogP contribution is 2.71. The lowest BCUT2D eigenvalue weighted by atomic mass is 9.78. The van der Waals surface area contributed by atoms with Crippen molar-refractivity contribution in [3.8, 4) is 17.2 Å². The number of phenolic OH excluding ortho intramolecular Hbond substituents is 1. The molecule has 8 nitrogen and oxygen atoms in total. The number of ketones is 1. The maximum absolute atomic E-state index is 12.9. The maximum Gasteiger partial charge on any atom is 0.276 e. The number of epoxide rings is 1. The predicted octanol–water partition coefficient (Wildman–Crippen LogP) is 3.45. The highest BCUT2D eigenvalue weighted by atomic mass is 79.9. The summed E-state index contributed by atoms with van der Waals surface area (Å²) in [6.45, 7) is 2.33. The molecule has 2 aromatic rings. The minimum Gasteiger partial charge on any atom is -0.506 e. The molecule has 0 radical (unpaired) electrons. The molecule has 1 spiro atoms. The molecule has 5 atom stereocenters. The van der Waals surface area contributed by atoms with Crippen molar-refractivity contribution in [1.29, 1.82) is 0 Å². The quantitative estimate of drug-likeness (QED) is 0.487. The van der Waals surface area contributed by atoms with Crippen LogP contribution in [0.3, 0.4) is 0 Å². The van der Waals surface area contributed by atoms with E-state index in [2.05, 4.69) is 15.9 Å². The lowest BCUT2D eigenvalue weighted by molar-refractivity contribution is -0.283. The molecule has 3 saturated heterocycles. The first-order valence-electron chi connectivity index (χ1n) is 11.1. The van der Waals surface area contributed by atoms with Crippen LogP contribution in [0.2, 0.25) is 0 Å². The summed E-state index contributed by atoms with van der Waals surface area (Å²) in [4.78, 5) is 12.9. The Balaban J connectivity index is 1.58. The zero-order chi connectivity index (χ0) is 22.9. The number of alkyl halides is 1. The van der Waals surface area contributed by atoms with Gasteiger partial charge in [-0.15, -0.1) is 0 Å². The molecule has 0 amide bonds. The Morgan fingerprint density at radius 2 is 2.06 bits per heavy atom. The van der Waals surface area contributed by atoms with Crippen LogP contribution in [-0.4, -0.2) is 60.3 Å². The molecular weight excluding hydrogens is 496 g/mol. The van der Waals surface area contributed by atoms with Crippen LogP contribution < -0.4 is 9.47 Å². The van der Waals surface area contributed by atoms with E-state index in [1.165, 1.54) is 0 Å². The molecule has 4 heterocycles. The van der Waals surface area contributed by atoms with E-state index in [9.17, 15) is 9.90 Å². The number of hydrogen-bond donors (Lipinski definition) is 1. The van der Waals surface area contributed by atoms with Gasteiger partial charge in [-0.2, -0.15) is 0 Å². The van der Waals surface area contributed by atoms with Crippen molar-refractivity contribution >= 4 is 32.5 Å². The number of Topliss-reactive ketones (excluding diaryl/α,β-unsaturated/α-hetero) is 1. The smallest absolute Gasteiger partial charge is 0.276 e. The molecule has 7 rings (SSSR count). The van der Waals surface area contributed by atoms with Gasteiger partial charge in [0.05, 0.1) is 30.0 Å². The Morgan fingerprint density at radius 1 is 1.27 bits per heavy atom. The number of phenols is 1. The van der Waals surface area contributed by atoms with Crippen LogP contribution >= 0.6 is 15.9 Å². The summed E-state index contributed by atoms with van der Waals surface area (Å²) >= 11 is 3.54. The van der Waals surface area contributed by atoms with Crippen LogP contribution in [0, 0.1) is 6.92 Å². The van der Waals surface area contributed by atoms with Crippen molar-refractivity contribution < 1.29 is 38.3 Å². The molecule has 2 aromatic carbocycles. The summed E-state index contributed by atoms with van der Waals surface area (Å²) in [6, 6.07) is 1.97. The van der Waals surface area contributed by atoms with Crippen LogP contribution in [-0.2, 0) is 25.4 Å². The van der Waals surface area contributed by atoms with Gasteiger partial charge in [0.1, 0.15) is 23.4 Å². The zero-order valence-electron chi connectivity index (χ0n) is 18.5. The van der Waals surface area contributed by atoms with E-state index >= 15 is 0 Å². The van der Waals surface area contributed by atoms with Crippen molar-refractivity contribution in [3.05, 3.63) is 28.3 Å². The van der Waals surface area contributed by atoms with Crippen molar-refractivity contribution in [3.63, 3.8) is 0 Å². The average molecular weight is 519 g/mol. The van der Waals surface area contributed by atoms with Crippen molar-refractivity contribution in [1.82, 2.24) is 0 Å². The van der Waals surface area contributed by atoms with Crippen molar-refractivity contribution in [2.45, 2.75) is 55.6 Å². The number of carbonyl (C=O) groups excluding carboxylic acids is 1. The zero-order valence-corrected chi connectivity index (χ0v) is 20.0. The number of hydrogen-bond acceptors (Lipinski definition) is 8. The first-order chi connectivity index (χ1) is 15.9. The predicted molar refractivity (Wildman–Crippen MR) is 118 cm³/mol. The summed E-state index contributed by atoms with van der Waals surface area (Å²) in [6.07, 6.45) is 0.749. The molecule has 0 saturated carbocycles. The van der Waals surface area contributed by atoms with E-state index < -0.39 is 29.4 Å². The molecule has 1 N–H and O–H groups in total. The fourth-order valence-corrected chi connectivity index (χ4v) is 7.27. The van der Waals surface area contributed by atoms with Crippen LogP contribution in [0.15, 0.2) is 6.07 Å². The number of aryl methyl sites for hydroxylation is 1. The lowest BCUT2D eigenvalue weighted by Gasteiger charge is -2.48. The van der Waals surface area contributed by atoms with E-state index in [0.717, 1.165) is 23.1 Å². The van der Waals surface area contributed by atoms with Gasteiger partial charge in [0, 0.05) is 30.0 Å². The summed E-state index contributed by atoms with van der Waals surface area (Å²) < 4.78 is 37.4. The second-order valence-corrected chi connectivity index (χ2v) is 9.98. The topological polar surface area (TPSA) is 96.0 Å². The van der Waals surface area contributed by atoms with E-state index in [4.69, 9.17) is 28.4 Å². The molecule has 0 aromatic heterocycles. The van der Waals surface area contributed by atoms with Crippen LogP contribution in [0.25, 0.3) is 10.8 Å². The Bertz CT molecular complexity index is 1270. The van der Waals surface area contributed by atoms with Gasteiger partial charge in [-0.1, -0.05) is 15.9 Å². The average Bonchev–Trinajstić information content (AvgIpc) is 3.47. The lowest BCUT2D eigenvalue weighted by Crippen LogP contribution is -2.67. The summed E-state index contributed by atoms with van der Waals surface area (Å²) in [7, 11) is 3.16. The molecule has 33 heavy (non-hydrogen) atoms. The second kappa shape index (κ2) is 6.20. The molecule has 9 heteroatoms. The van der Waals surface area contributed by atoms with E-state index in [-0.39, 0.29) is 11.5 Å². The molecule has 1 aliphatic carbocycles. The Morgan fingerprint density at radius 3 is 2.73 bits per heavy atom. The first kappa shape index (κ1) is 20.5. The molecule has 3 fully saturated rings. The number of carbonyl (C=O) groups is 1. The van der Waals surface area contributed by atoms with Crippen molar-refractivity contribution in [2.24, 2.45) is 0 Å². The standard InChI is InChI=1S/C24H23BrO8/c1-10-7-12-16(17(27)15-11(18(12)28-2)5-4-6-13(15)26)19-14(10)20-21-24(29-3,32-19)22(9-30-22)23(8-25,31-20)33-21/h7,20-21,27H,4-6,8-9H2,1-3H3/t20?,21-,22-,23-,24-/m1/s1. The van der Waals surface area contributed by atoms with Crippen LogP contribution in [0.5, 0.6) is 17.2 Å². The highest BCUT2D eigenvalue weighted by Gasteiger charge is 2.90. The van der Waals surface area contributed by atoms with Gasteiger partial charge in [0.2, 0.25) is 11.4 Å². The van der Waals surface area contributed by atoms with E-state index in [0.29, 0.717) is 52.6 Å². The third-order valence-electron chi connectivity index (χ3n) is 8.05. The molecule has 4 aliphatic heterocycles. The van der Waals surface area contributed by atoms with E-state index in [1.54, 1.807) is 14.2 Å². The van der Waals surface area contributed by atoms with Gasteiger partial charge >= 0.3 is 0 Å². The largest absolute Gasteiger partial charge is 0.506 e. The number of ether oxygens (including phenoxy) is 6. The molecule has 5 aliphatic rings. The normalized spacial score (nSPS) is 37.3. The van der Waals surface area contributed by atoms with Crippen LogP contribution in [0.4, 0.5) is 0 Å². The number of halogens is 1. The number of aromatic hydroxyl groups is 1. The molecule has 1 unspecified atom stereocenters. The minimum atomic E-state index is -1.25. The van der Waals surface area contributed by atoms with Crippen molar-refractivity contribution in [2.75, 3.05) is 26.2 Å². The van der Waals surface area contributed by atoms with Gasteiger partial charge in [0.15, 0.2) is 11.9 Å². The SMILES string of the molecule is COc1c2c(c(O)c3c4c(c(C)cc13)C1O[C@]3(CBr)O[C@H]1[C@@](OC)(O4)[C@@]31CO1)C(=O)CCC2. The fraction of sp³-hybridized carbons (Fsp3) is 0.542. The summed E-state index contributed by atoms with van der Waals surface area (Å²) in [5.41, 5.74) is 1.82. The second-order valence-electron chi connectivity index (χ2n) is 9.42. The molecular formula is C24H23BrO8. The van der Waals surface area contributed by atoms with Gasteiger partial charge < -0.3 is 33.5 Å². The summed E-state index contributed by atoms with van der Waals surface area (Å²) in [5.74, 6) is -1.45. The number of fused-ring (bicyclic) bond motifs is 8. The van der Waals surface area contributed by atoms with Gasteiger partial charge in [0.25, 0.3) is 5.79 Å². The third kappa shape index (κ3) is 2.03.